The zero-order valence-corrected chi connectivity index (χ0v) is 13.0. The lowest BCUT2D eigenvalue weighted by atomic mass is 9.87. The van der Waals surface area contributed by atoms with Gasteiger partial charge in [-0.25, -0.2) is 4.98 Å². The van der Waals surface area contributed by atoms with E-state index in [9.17, 15) is 0 Å². The maximum absolute atomic E-state index is 4.41. The molecule has 4 nitrogen and oxygen atoms in total. The van der Waals surface area contributed by atoms with Gasteiger partial charge >= 0.3 is 0 Å². The smallest absolute Gasteiger partial charge is 0.0951 e. The van der Waals surface area contributed by atoms with Crippen LogP contribution in [0.4, 0.5) is 0 Å². The molecule has 0 amide bonds. The summed E-state index contributed by atoms with van der Waals surface area (Å²) in [5.41, 5.74) is 1.39. The van der Waals surface area contributed by atoms with Gasteiger partial charge < -0.3 is 9.88 Å². The van der Waals surface area contributed by atoms with Crippen molar-refractivity contribution in [2.75, 3.05) is 20.1 Å². The summed E-state index contributed by atoms with van der Waals surface area (Å²) < 4.78 is 2.34. The molecule has 2 fully saturated rings. The van der Waals surface area contributed by atoms with Crippen molar-refractivity contribution in [1.82, 2.24) is 19.8 Å². The van der Waals surface area contributed by atoms with Crippen LogP contribution in [0.3, 0.4) is 0 Å². The molecule has 0 spiro atoms. The van der Waals surface area contributed by atoms with Gasteiger partial charge in [0.15, 0.2) is 0 Å². The van der Waals surface area contributed by atoms with Crippen LogP contribution in [0.5, 0.6) is 0 Å². The lowest BCUT2D eigenvalue weighted by Crippen LogP contribution is -2.41. The standard InChI is InChI=1S/C16H28N4/c1-12(2)20-11-17-10-15(20)16-13(5-4-8-19(16)3)9-18-14-6-7-14/h10-14,16,18H,4-9H2,1-3H3. The molecule has 112 valence electrons. The van der Waals surface area contributed by atoms with Gasteiger partial charge in [-0.05, 0) is 59.0 Å². The van der Waals surface area contributed by atoms with Crippen molar-refractivity contribution in [3.8, 4) is 0 Å². The Morgan fingerprint density at radius 2 is 2.15 bits per heavy atom. The van der Waals surface area contributed by atoms with Crippen LogP contribution in [-0.2, 0) is 0 Å². The van der Waals surface area contributed by atoms with Crippen LogP contribution in [0.2, 0.25) is 0 Å². The van der Waals surface area contributed by atoms with Crippen molar-refractivity contribution < 1.29 is 0 Å². The van der Waals surface area contributed by atoms with E-state index in [4.69, 9.17) is 0 Å². The molecule has 3 rings (SSSR count). The fourth-order valence-electron chi connectivity index (χ4n) is 3.52. The topological polar surface area (TPSA) is 33.1 Å². The molecule has 1 aromatic rings. The fraction of sp³-hybridized carbons (Fsp3) is 0.812. The molecule has 2 atom stereocenters. The van der Waals surface area contributed by atoms with Gasteiger partial charge in [0.25, 0.3) is 0 Å². The minimum atomic E-state index is 0.486. The Morgan fingerprint density at radius 1 is 1.35 bits per heavy atom. The number of nitrogens with zero attached hydrogens (tertiary/aromatic N) is 3. The summed E-state index contributed by atoms with van der Waals surface area (Å²) in [6.07, 6.45) is 9.47. The molecule has 20 heavy (non-hydrogen) atoms. The molecule has 1 saturated carbocycles. The molecule has 0 bridgehead atoms. The number of piperidine rings is 1. The SMILES string of the molecule is CC(C)n1cncc1C1C(CNC2CC2)CCCN1C. The monoisotopic (exact) mass is 276 g/mol. The van der Waals surface area contributed by atoms with Crippen molar-refractivity contribution in [1.29, 1.82) is 0 Å². The van der Waals surface area contributed by atoms with Gasteiger partial charge in [-0.15, -0.1) is 0 Å². The third-order valence-corrected chi connectivity index (χ3v) is 4.81. The molecule has 2 heterocycles. The highest BCUT2D eigenvalue weighted by Crippen LogP contribution is 2.36. The van der Waals surface area contributed by atoms with E-state index in [0.29, 0.717) is 18.0 Å². The largest absolute Gasteiger partial charge is 0.331 e. The molecule has 1 saturated heterocycles. The highest BCUT2D eigenvalue weighted by atomic mass is 15.2. The first-order chi connectivity index (χ1) is 9.66. The van der Waals surface area contributed by atoms with Crippen LogP contribution >= 0.6 is 0 Å². The Morgan fingerprint density at radius 3 is 2.85 bits per heavy atom. The van der Waals surface area contributed by atoms with Crippen LogP contribution < -0.4 is 5.32 Å². The lowest BCUT2D eigenvalue weighted by Gasteiger charge is -2.40. The molecule has 1 N–H and O–H groups in total. The zero-order chi connectivity index (χ0) is 14.1. The molecule has 4 heteroatoms. The summed E-state index contributed by atoms with van der Waals surface area (Å²) in [4.78, 5) is 6.94. The normalized spacial score (nSPS) is 28.2. The highest BCUT2D eigenvalue weighted by Gasteiger charge is 2.34. The Bertz CT molecular complexity index is 435. The Balaban J connectivity index is 1.78. The first-order valence-corrected chi connectivity index (χ1v) is 8.12. The van der Waals surface area contributed by atoms with Crippen LogP contribution in [0.15, 0.2) is 12.5 Å². The van der Waals surface area contributed by atoms with Crippen LogP contribution in [-0.4, -0.2) is 40.6 Å². The van der Waals surface area contributed by atoms with Gasteiger partial charge in [0.1, 0.15) is 0 Å². The van der Waals surface area contributed by atoms with E-state index in [1.807, 2.05) is 6.33 Å². The number of likely N-dealkylation sites (tertiary alicyclic amines) is 1. The number of rotatable bonds is 5. The lowest BCUT2D eigenvalue weighted by molar-refractivity contribution is 0.112. The summed E-state index contributed by atoms with van der Waals surface area (Å²) >= 11 is 0. The zero-order valence-electron chi connectivity index (χ0n) is 13.0. The summed E-state index contributed by atoms with van der Waals surface area (Å²) in [5.74, 6) is 0.712. The molecular formula is C16H28N4. The second kappa shape index (κ2) is 5.86. The van der Waals surface area contributed by atoms with E-state index < -0.39 is 0 Å². The maximum atomic E-state index is 4.41. The number of imidazole rings is 1. The van der Waals surface area contributed by atoms with Crippen LogP contribution in [0, 0.1) is 5.92 Å². The summed E-state index contributed by atoms with van der Waals surface area (Å²) in [6, 6.07) is 1.80. The van der Waals surface area contributed by atoms with Gasteiger partial charge in [-0.3, -0.25) is 4.90 Å². The minimum Gasteiger partial charge on any atom is -0.331 e. The van der Waals surface area contributed by atoms with Crippen molar-refractivity contribution in [3.63, 3.8) is 0 Å². The van der Waals surface area contributed by atoms with Crippen molar-refractivity contribution >= 4 is 0 Å². The van der Waals surface area contributed by atoms with Gasteiger partial charge in [-0.1, -0.05) is 0 Å². The molecule has 1 aliphatic heterocycles. The first-order valence-electron chi connectivity index (χ1n) is 8.12. The number of aromatic nitrogens is 2. The van der Waals surface area contributed by atoms with E-state index >= 15 is 0 Å². The second-order valence-corrected chi connectivity index (χ2v) is 6.83. The van der Waals surface area contributed by atoms with Gasteiger partial charge in [0, 0.05) is 24.8 Å². The molecule has 1 aliphatic carbocycles. The molecule has 2 unspecified atom stereocenters. The quantitative estimate of drug-likeness (QED) is 0.897. The van der Waals surface area contributed by atoms with Gasteiger partial charge in [0.2, 0.25) is 0 Å². The van der Waals surface area contributed by atoms with Gasteiger partial charge in [0.05, 0.1) is 18.1 Å². The Kier molecular flexibility index (Phi) is 4.13. The molecule has 0 radical (unpaired) electrons. The van der Waals surface area contributed by atoms with E-state index in [0.717, 1.165) is 12.6 Å². The van der Waals surface area contributed by atoms with E-state index in [1.165, 1.54) is 37.9 Å². The maximum Gasteiger partial charge on any atom is 0.0951 e. The number of hydrogen-bond acceptors (Lipinski definition) is 3. The van der Waals surface area contributed by atoms with Crippen molar-refractivity contribution in [2.24, 2.45) is 5.92 Å². The van der Waals surface area contributed by atoms with Crippen molar-refractivity contribution in [2.45, 2.75) is 57.7 Å². The summed E-state index contributed by atoms with van der Waals surface area (Å²) in [7, 11) is 2.27. The second-order valence-electron chi connectivity index (χ2n) is 6.83. The van der Waals surface area contributed by atoms with Gasteiger partial charge in [-0.2, -0.15) is 0 Å². The Labute approximate surface area is 122 Å². The third kappa shape index (κ3) is 2.91. The summed E-state index contributed by atoms with van der Waals surface area (Å²) in [6.45, 7) is 6.84. The minimum absolute atomic E-state index is 0.486. The predicted octanol–water partition coefficient (Wildman–Crippen LogP) is 2.60. The number of nitrogens with one attached hydrogen (secondary N) is 1. The van der Waals surface area contributed by atoms with E-state index in [-0.39, 0.29) is 0 Å². The van der Waals surface area contributed by atoms with Crippen LogP contribution in [0.25, 0.3) is 0 Å². The average Bonchev–Trinajstić information content (AvgIpc) is 3.12. The van der Waals surface area contributed by atoms with Crippen LogP contribution in [0.1, 0.15) is 57.3 Å². The predicted molar refractivity (Wildman–Crippen MR) is 81.7 cm³/mol. The summed E-state index contributed by atoms with van der Waals surface area (Å²) in [5, 5.41) is 3.73. The number of hydrogen-bond donors (Lipinski definition) is 1. The average molecular weight is 276 g/mol. The molecule has 0 aromatic carbocycles. The third-order valence-electron chi connectivity index (χ3n) is 4.81. The fourth-order valence-corrected chi connectivity index (χ4v) is 3.52. The first kappa shape index (κ1) is 14.1. The molecular weight excluding hydrogens is 248 g/mol. The molecule has 1 aromatic heterocycles. The van der Waals surface area contributed by atoms with E-state index in [1.54, 1.807) is 0 Å². The van der Waals surface area contributed by atoms with Crippen molar-refractivity contribution in [3.05, 3.63) is 18.2 Å². The Hall–Kier alpha value is -0.870. The van der Waals surface area contributed by atoms with E-state index in [2.05, 4.69) is 46.9 Å². The molecule has 2 aliphatic rings. The highest BCUT2D eigenvalue weighted by molar-refractivity contribution is 5.10.